The number of aryl methyl sites for hydroxylation is 1. The van der Waals surface area contributed by atoms with E-state index in [1.54, 1.807) is 7.11 Å². The molecule has 1 aromatic heterocycles. The first-order valence-electron chi connectivity index (χ1n) is 7.80. The molecule has 0 aliphatic rings. The molecule has 0 radical (unpaired) electrons. The van der Waals surface area contributed by atoms with Gasteiger partial charge >= 0.3 is 0 Å². The van der Waals surface area contributed by atoms with E-state index < -0.39 is 0 Å². The maximum absolute atomic E-state index is 5.68. The SMILES string of the molecule is COc1ccc(-c2nn(-c3ccccc3)cc2CCCN)cc1. The molecule has 3 aromatic rings. The lowest BCUT2D eigenvalue weighted by atomic mass is 10.0. The van der Waals surface area contributed by atoms with Crippen molar-refractivity contribution in [2.75, 3.05) is 13.7 Å². The molecule has 0 aliphatic heterocycles. The van der Waals surface area contributed by atoms with Crippen molar-refractivity contribution in [1.29, 1.82) is 0 Å². The lowest BCUT2D eigenvalue weighted by Gasteiger charge is -2.03. The summed E-state index contributed by atoms with van der Waals surface area (Å²) in [5.74, 6) is 0.847. The van der Waals surface area contributed by atoms with Gasteiger partial charge in [0.2, 0.25) is 0 Å². The van der Waals surface area contributed by atoms with Crippen molar-refractivity contribution in [1.82, 2.24) is 9.78 Å². The van der Waals surface area contributed by atoms with Gasteiger partial charge in [-0.3, -0.25) is 0 Å². The average Bonchev–Trinajstić information content (AvgIpc) is 3.05. The first kappa shape index (κ1) is 15.3. The number of nitrogens with two attached hydrogens (primary N) is 1. The molecule has 4 heteroatoms. The van der Waals surface area contributed by atoms with Crippen LogP contribution in [0.25, 0.3) is 16.9 Å². The Bertz CT molecular complexity index is 748. The van der Waals surface area contributed by atoms with Crippen molar-refractivity contribution in [3.63, 3.8) is 0 Å². The van der Waals surface area contributed by atoms with Crippen molar-refractivity contribution in [2.24, 2.45) is 5.73 Å². The van der Waals surface area contributed by atoms with Crippen LogP contribution in [0.5, 0.6) is 5.75 Å². The summed E-state index contributed by atoms with van der Waals surface area (Å²) in [6, 6.07) is 18.2. The van der Waals surface area contributed by atoms with Gasteiger partial charge in [-0.25, -0.2) is 4.68 Å². The predicted octanol–water partition coefficient (Wildman–Crippen LogP) is 3.44. The van der Waals surface area contributed by atoms with E-state index in [1.807, 2.05) is 47.1 Å². The van der Waals surface area contributed by atoms with E-state index >= 15 is 0 Å². The van der Waals surface area contributed by atoms with E-state index in [4.69, 9.17) is 15.6 Å². The molecule has 0 unspecified atom stereocenters. The monoisotopic (exact) mass is 307 g/mol. The molecule has 0 fully saturated rings. The van der Waals surface area contributed by atoms with Gasteiger partial charge < -0.3 is 10.5 Å². The second-order valence-electron chi connectivity index (χ2n) is 5.40. The Hall–Kier alpha value is -2.59. The Labute approximate surface area is 136 Å². The number of nitrogens with zero attached hydrogens (tertiary/aromatic N) is 2. The van der Waals surface area contributed by atoms with Crippen molar-refractivity contribution in [3.05, 3.63) is 66.4 Å². The molecule has 1 heterocycles. The fourth-order valence-corrected chi connectivity index (χ4v) is 2.59. The molecular weight excluding hydrogens is 286 g/mol. The molecule has 2 N–H and O–H groups in total. The number of aromatic nitrogens is 2. The largest absolute Gasteiger partial charge is 0.497 e. The normalized spacial score (nSPS) is 10.7. The number of benzene rings is 2. The summed E-state index contributed by atoms with van der Waals surface area (Å²) in [7, 11) is 1.67. The maximum atomic E-state index is 5.68. The molecule has 23 heavy (non-hydrogen) atoms. The van der Waals surface area contributed by atoms with Crippen LogP contribution in [0.15, 0.2) is 60.8 Å². The molecule has 0 bridgehead atoms. The molecule has 0 saturated heterocycles. The van der Waals surface area contributed by atoms with Gasteiger partial charge in [0.05, 0.1) is 18.5 Å². The highest BCUT2D eigenvalue weighted by Crippen LogP contribution is 2.26. The van der Waals surface area contributed by atoms with Crippen LogP contribution in [0, 0.1) is 0 Å². The van der Waals surface area contributed by atoms with Crippen LogP contribution in [0.2, 0.25) is 0 Å². The standard InChI is InChI=1S/C19H21N3O/c1-23-18-11-9-15(10-12-18)19-16(6-5-13-20)14-22(21-19)17-7-3-2-4-8-17/h2-4,7-12,14H,5-6,13,20H2,1H3. The second-order valence-corrected chi connectivity index (χ2v) is 5.40. The fraction of sp³-hybridized carbons (Fsp3) is 0.211. The van der Waals surface area contributed by atoms with Crippen LogP contribution >= 0.6 is 0 Å². The Kier molecular flexibility index (Phi) is 4.74. The zero-order chi connectivity index (χ0) is 16.1. The number of hydrogen-bond donors (Lipinski definition) is 1. The van der Waals surface area contributed by atoms with Crippen LogP contribution in [0.1, 0.15) is 12.0 Å². The van der Waals surface area contributed by atoms with Crippen LogP contribution < -0.4 is 10.5 Å². The van der Waals surface area contributed by atoms with Crippen molar-refractivity contribution < 1.29 is 4.74 Å². The molecule has 118 valence electrons. The molecule has 0 atom stereocenters. The van der Waals surface area contributed by atoms with Crippen LogP contribution in [-0.4, -0.2) is 23.4 Å². The third kappa shape index (κ3) is 3.43. The minimum atomic E-state index is 0.679. The minimum absolute atomic E-state index is 0.679. The van der Waals surface area contributed by atoms with Crippen LogP contribution in [0.3, 0.4) is 0 Å². The first-order chi connectivity index (χ1) is 11.3. The van der Waals surface area contributed by atoms with Crippen molar-refractivity contribution >= 4 is 0 Å². The zero-order valence-corrected chi connectivity index (χ0v) is 13.3. The molecule has 0 saturated carbocycles. The fourth-order valence-electron chi connectivity index (χ4n) is 2.59. The highest BCUT2D eigenvalue weighted by Gasteiger charge is 2.12. The van der Waals surface area contributed by atoms with Gasteiger partial charge in [0.1, 0.15) is 5.75 Å². The first-order valence-corrected chi connectivity index (χ1v) is 7.80. The van der Waals surface area contributed by atoms with Crippen LogP contribution in [0.4, 0.5) is 0 Å². The summed E-state index contributed by atoms with van der Waals surface area (Å²) in [6.07, 6.45) is 3.97. The summed E-state index contributed by atoms with van der Waals surface area (Å²) >= 11 is 0. The topological polar surface area (TPSA) is 53.1 Å². The summed E-state index contributed by atoms with van der Waals surface area (Å²) in [5.41, 5.74) is 10.0. The van der Waals surface area contributed by atoms with Crippen molar-refractivity contribution in [3.8, 4) is 22.7 Å². The van der Waals surface area contributed by atoms with Gasteiger partial charge in [0.25, 0.3) is 0 Å². The van der Waals surface area contributed by atoms with Gasteiger partial charge in [0, 0.05) is 11.8 Å². The number of methoxy groups -OCH3 is 1. The molecule has 0 aliphatic carbocycles. The van der Waals surface area contributed by atoms with Gasteiger partial charge in [-0.1, -0.05) is 18.2 Å². The van der Waals surface area contributed by atoms with E-state index in [-0.39, 0.29) is 0 Å². The zero-order valence-electron chi connectivity index (χ0n) is 13.3. The van der Waals surface area contributed by atoms with E-state index in [1.165, 1.54) is 5.56 Å². The van der Waals surface area contributed by atoms with Gasteiger partial charge in [0.15, 0.2) is 0 Å². The smallest absolute Gasteiger partial charge is 0.118 e. The van der Waals surface area contributed by atoms with Gasteiger partial charge in [-0.05, 0) is 61.3 Å². The summed E-state index contributed by atoms with van der Waals surface area (Å²) in [6.45, 7) is 0.679. The average molecular weight is 307 g/mol. The third-order valence-corrected chi connectivity index (χ3v) is 3.82. The summed E-state index contributed by atoms with van der Waals surface area (Å²) < 4.78 is 7.17. The molecule has 3 rings (SSSR count). The quantitative estimate of drug-likeness (QED) is 0.759. The number of para-hydroxylation sites is 1. The Morgan fingerprint density at radius 1 is 1.04 bits per heavy atom. The maximum Gasteiger partial charge on any atom is 0.118 e. The van der Waals surface area contributed by atoms with E-state index in [0.717, 1.165) is 35.5 Å². The molecule has 0 amide bonds. The molecular formula is C19H21N3O. The molecule has 2 aromatic carbocycles. The summed E-state index contributed by atoms with van der Waals surface area (Å²) in [4.78, 5) is 0. The van der Waals surface area contributed by atoms with Gasteiger partial charge in [-0.15, -0.1) is 0 Å². The highest BCUT2D eigenvalue weighted by molar-refractivity contribution is 5.64. The number of ether oxygens (including phenoxy) is 1. The minimum Gasteiger partial charge on any atom is -0.497 e. The van der Waals surface area contributed by atoms with E-state index in [0.29, 0.717) is 6.54 Å². The predicted molar refractivity (Wildman–Crippen MR) is 92.9 cm³/mol. The number of rotatable bonds is 6. The lowest BCUT2D eigenvalue weighted by Crippen LogP contribution is -2.00. The van der Waals surface area contributed by atoms with Gasteiger partial charge in [-0.2, -0.15) is 5.10 Å². The highest BCUT2D eigenvalue weighted by atomic mass is 16.5. The summed E-state index contributed by atoms with van der Waals surface area (Å²) in [5, 5.41) is 4.79. The lowest BCUT2D eigenvalue weighted by molar-refractivity contribution is 0.415. The second kappa shape index (κ2) is 7.11. The molecule has 4 nitrogen and oxygen atoms in total. The Morgan fingerprint density at radius 3 is 2.43 bits per heavy atom. The van der Waals surface area contributed by atoms with Crippen LogP contribution in [-0.2, 0) is 6.42 Å². The molecule has 0 spiro atoms. The number of hydrogen-bond acceptors (Lipinski definition) is 3. The van der Waals surface area contributed by atoms with Crippen molar-refractivity contribution in [2.45, 2.75) is 12.8 Å². The van der Waals surface area contributed by atoms with E-state index in [2.05, 4.69) is 18.3 Å². The Balaban J connectivity index is 2.00. The third-order valence-electron chi connectivity index (χ3n) is 3.82. The van der Waals surface area contributed by atoms with E-state index in [9.17, 15) is 0 Å². The Morgan fingerprint density at radius 2 is 1.78 bits per heavy atom.